The zero-order chi connectivity index (χ0) is 20.1. The molecular formula is C20H24N2O4S2. The molecule has 8 heteroatoms. The molecular weight excluding hydrogens is 396 g/mol. The molecule has 1 heterocycles. The molecule has 3 rings (SSSR count). The second kappa shape index (κ2) is 9.09. The average molecular weight is 421 g/mol. The summed E-state index contributed by atoms with van der Waals surface area (Å²) in [6, 6.07) is 12.5. The van der Waals surface area contributed by atoms with Gasteiger partial charge in [-0.25, -0.2) is 8.42 Å². The Labute approximate surface area is 170 Å². The Balaban J connectivity index is 1.64. The minimum atomic E-state index is -3.59. The molecule has 28 heavy (non-hydrogen) atoms. The second-order valence-electron chi connectivity index (χ2n) is 6.65. The number of benzene rings is 2. The van der Waals surface area contributed by atoms with Crippen molar-refractivity contribution < 1.29 is 17.9 Å². The summed E-state index contributed by atoms with van der Waals surface area (Å²) in [5, 5.41) is 2.79. The van der Waals surface area contributed by atoms with Crippen LogP contribution >= 0.6 is 11.8 Å². The maximum atomic E-state index is 12.8. The second-order valence-corrected chi connectivity index (χ2v) is 9.61. The first kappa shape index (κ1) is 20.9. The van der Waals surface area contributed by atoms with E-state index in [0.29, 0.717) is 32.0 Å². The molecule has 1 fully saturated rings. The van der Waals surface area contributed by atoms with Crippen molar-refractivity contribution in [3.8, 4) is 0 Å². The summed E-state index contributed by atoms with van der Waals surface area (Å²) in [4.78, 5) is 13.6. The molecule has 2 aromatic rings. The SMILES string of the molecule is Cc1ccc(SCC(=O)Nc2cccc(S(=O)(=O)N3CCOCC3)c2)c(C)c1. The number of morpholine rings is 1. The third-order valence-electron chi connectivity index (χ3n) is 4.41. The minimum absolute atomic E-state index is 0.175. The summed E-state index contributed by atoms with van der Waals surface area (Å²) in [5.74, 6) is 0.0792. The van der Waals surface area contributed by atoms with Gasteiger partial charge < -0.3 is 10.1 Å². The number of sulfonamides is 1. The van der Waals surface area contributed by atoms with Crippen molar-refractivity contribution in [3.05, 3.63) is 53.6 Å². The van der Waals surface area contributed by atoms with E-state index in [1.807, 2.05) is 26.0 Å². The quantitative estimate of drug-likeness (QED) is 0.727. The first-order chi connectivity index (χ1) is 13.4. The lowest BCUT2D eigenvalue weighted by Gasteiger charge is -2.26. The summed E-state index contributed by atoms with van der Waals surface area (Å²) in [7, 11) is -3.59. The lowest BCUT2D eigenvalue weighted by molar-refractivity contribution is -0.113. The summed E-state index contributed by atoms with van der Waals surface area (Å²) < 4.78 is 32.1. The molecule has 2 aromatic carbocycles. The number of hydrogen-bond acceptors (Lipinski definition) is 5. The average Bonchev–Trinajstić information content (AvgIpc) is 2.68. The molecule has 1 amide bonds. The van der Waals surface area contributed by atoms with Crippen LogP contribution in [0.5, 0.6) is 0 Å². The number of nitrogens with one attached hydrogen (secondary N) is 1. The normalized spacial score (nSPS) is 15.4. The zero-order valence-corrected chi connectivity index (χ0v) is 17.6. The zero-order valence-electron chi connectivity index (χ0n) is 16.0. The number of aryl methyl sites for hydroxylation is 2. The van der Waals surface area contributed by atoms with Crippen molar-refractivity contribution in [1.29, 1.82) is 0 Å². The number of carbonyl (C=O) groups is 1. The topological polar surface area (TPSA) is 75.7 Å². The van der Waals surface area contributed by atoms with E-state index in [1.165, 1.54) is 27.7 Å². The van der Waals surface area contributed by atoms with Gasteiger partial charge in [0.2, 0.25) is 15.9 Å². The number of amides is 1. The van der Waals surface area contributed by atoms with Crippen LogP contribution in [-0.2, 0) is 19.6 Å². The lowest BCUT2D eigenvalue weighted by Crippen LogP contribution is -2.40. The molecule has 1 aliphatic rings. The van der Waals surface area contributed by atoms with Crippen LogP contribution in [0, 0.1) is 13.8 Å². The van der Waals surface area contributed by atoms with Gasteiger partial charge in [0.1, 0.15) is 0 Å². The molecule has 0 radical (unpaired) electrons. The maximum Gasteiger partial charge on any atom is 0.243 e. The van der Waals surface area contributed by atoms with Gasteiger partial charge in [0.15, 0.2) is 0 Å². The van der Waals surface area contributed by atoms with Crippen LogP contribution in [0.4, 0.5) is 5.69 Å². The fourth-order valence-electron chi connectivity index (χ4n) is 2.97. The summed E-state index contributed by atoms with van der Waals surface area (Å²) in [6.45, 7) is 5.52. The van der Waals surface area contributed by atoms with Crippen molar-refractivity contribution in [2.24, 2.45) is 0 Å². The fraction of sp³-hybridized carbons (Fsp3) is 0.350. The Morgan fingerprint density at radius 1 is 1.14 bits per heavy atom. The number of ether oxygens (including phenoxy) is 1. The van der Waals surface area contributed by atoms with Crippen LogP contribution in [0.1, 0.15) is 11.1 Å². The third-order valence-corrected chi connectivity index (χ3v) is 7.49. The van der Waals surface area contributed by atoms with Crippen LogP contribution in [0.25, 0.3) is 0 Å². The van der Waals surface area contributed by atoms with Crippen LogP contribution < -0.4 is 5.32 Å². The van der Waals surface area contributed by atoms with E-state index < -0.39 is 10.0 Å². The fourth-order valence-corrected chi connectivity index (χ4v) is 5.24. The van der Waals surface area contributed by atoms with Gasteiger partial charge in [-0.2, -0.15) is 4.31 Å². The Bertz CT molecular complexity index is 954. The lowest BCUT2D eigenvalue weighted by atomic mass is 10.2. The van der Waals surface area contributed by atoms with Gasteiger partial charge in [-0.05, 0) is 43.7 Å². The predicted octanol–water partition coefficient (Wildman–Crippen LogP) is 3.06. The standard InChI is InChI=1S/C20H24N2O4S2/c1-15-6-7-19(16(2)12-15)27-14-20(23)21-17-4-3-5-18(13-17)28(24,25)22-8-10-26-11-9-22/h3-7,12-13H,8-11,14H2,1-2H3,(H,21,23). The summed E-state index contributed by atoms with van der Waals surface area (Å²) in [5.41, 5.74) is 2.79. The smallest absolute Gasteiger partial charge is 0.243 e. The van der Waals surface area contributed by atoms with Gasteiger partial charge in [-0.15, -0.1) is 11.8 Å². The van der Waals surface area contributed by atoms with Crippen molar-refractivity contribution in [2.75, 3.05) is 37.4 Å². The van der Waals surface area contributed by atoms with E-state index in [9.17, 15) is 13.2 Å². The Kier molecular flexibility index (Phi) is 6.77. The highest BCUT2D eigenvalue weighted by Gasteiger charge is 2.26. The van der Waals surface area contributed by atoms with Crippen LogP contribution in [-0.4, -0.2) is 50.7 Å². The van der Waals surface area contributed by atoms with Crippen LogP contribution in [0.15, 0.2) is 52.3 Å². The van der Waals surface area contributed by atoms with Crippen molar-refractivity contribution in [3.63, 3.8) is 0 Å². The molecule has 0 unspecified atom stereocenters. The molecule has 0 bridgehead atoms. The van der Waals surface area contributed by atoms with Crippen molar-refractivity contribution >= 4 is 33.4 Å². The van der Waals surface area contributed by atoms with E-state index in [0.717, 1.165) is 10.5 Å². The molecule has 1 saturated heterocycles. The Morgan fingerprint density at radius 2 is 1.89 bits per heavy atom. The van der Waals surface area contributed by atoms with Gasteiger partial charge in [-0.3, -0.25) is 4.79 Å². The van der Waals surface area contributed by atoms with Gasteiger partial charge in [0.25, 0.3) is 0 Å². The van der Waals surface area contributed by atoms with Gasteiger partial charge >= 0.3 is 0 Å². The molecule has 0 aromatic heterocycles. The van der Waals surface area contributed by atoms with Crippen LogP contribution in [0.2, 0.25) is 0 Å². The third kappa shape index (κ3) is 5.14. The molecule has 150 valence electrons. The van der Waals surface area contributed by atoms with Gasteiger partial charge in [-0.1, -0.05) is 23.8 Å². The number of nitrogens with zero attached hydrogens (tertiary/aromatic N) is 1. The first-order valence-corrected chi connectivity index (χ1v) is 11.5. The number of anilines is 1. The van der Waals surface area contributed by atoms with Crippen LogP contribution in [0.3, 0.4) is 0 Å². The predicted molar refractivity (Wildman–Crippen MR) is 111 cm³/mol. The molecule has 0 aliphatic carbocycles. The summed E-state index contributed by atoms with van der Waals surface area (Å²) in [6.07, 6.45) is 0. The highest BCUT2D eigenvalue weighted by molar-refractivity contribution is 8.00. The van der Waals surface area contributed by atoms with E-state index in [4.69, 9.17) is 4.74 Å². The van der Waals surface area contributed by atoms with Gasteiger partial charge in [0, 0.05) is 23.7 Å². The number of rotatable bonds is 6. The molecule has 0 atom stereocenters. The van der Waals surface area contributed by atoms with E-state index in [1.54, 1.807) is 18.2 Å². The molecule has 6 nitrogen and oxygen atoms in total. The first-order valence-electron chi connectivity index (χ1n) is 9.04. The Hall–Kier alpha value is -1.87. The van der Waals surface area contributed by atoms with Crippen molar-refractivity contribution in [2.45, 2.75) is 23.6 Å². The number of carbonyl (C=O) groups excluding carboxylic acids is 1. The maximum absolute atomic E-state index is 12.8. The molecule has 0 saturated carbocycles. The van der Waals surface area contributed by atoms with E-state index >= 15 is 0 Å². The Morgan fingerprint density at radius 3 is 2.61 bits per heavy atom. The minimum Gasteiger partial charge on any atom is -0.379 e. The van der Waals surface area contributed by atoms with E-state index in [2.05, 4.69) is 11.4 Å². The molecule has 1 aliphatic heterocycles. The largest absolute Gasteiger partial charge is 0.379 e. The van der Waals surface area contributed by atoms with E-state index in [-0.39, 0.29) is 16.6 Å². The highest BCUT2D eigenvalue weighted by atomic mass is 32.2. The molecule has 0 spiro atoms. The molecule has 1 N–H and O–H groups in total. The number of hydrogen-bond donors (Lipinski definition) is 1. The van der Waals surface area contributed by atoms with Gasteiger partial charge in [0.05, 0.1) is 23.9 Å². The van der Waals surface area contributed by atoms with Crippen molar-refractivity contribution in [1.82, 2.24) is 4.31 Å². The summed E-state index contributed by atoms with van der Waals surface area (Å²) >= 11 is 1.46. The number of thioether (sulfide) groups is 1. The highest BCUT2D eigenvalue weighted by Crippen LogP contribution is 2.24. The monoisotopic (exact) mass is 420 g/mol.